The molecule has 1 atom stereocenters. The van der Waals surface area contributed by atoms with E-state index >= 15 is 0 Å². The number of allylic oxidation sites excluding steroid dienone is 4. The fourth-order valence-corrected chi connectivity index (χ4v) is 12.0. The van der Waals surface area contributed by atoms with E-state index in [0.29, 0.717) is 25.8 Å². The maximum Gasteiger partial charge on any atom is 0.320 e. The number of carboxylic acid groups (broad SMARTS) is 1. The molecule has 0 heterocycles. The van der Waals surface area contributed by atoms with Crippen molar-refractivity contribution in [1.29, 1.82) is 0 Å². The van der Waals surface area contributed by atoms with Crippen LogP contribution in [0.4, 0.5) is 0 Å². The lowest BCUT2D eigenvalue weighted by Crippen LogP contribution is -2.30. The van der Waals surface area contributed by atoms with Crippen LogP contribution in [0, 0.1) is 0 Å². The molecule has 0 spiro atoms. The van der Waals surface area contributed by atoms with Gasteiger partial charge in [-0.1, -0.05) is 24.3 Å². The smallest absolute Gasteiger partial charge is 0.320 e. The number of carbonyl (C=O) groups is 2. The standard InChI is InChI=1S/C22H38N2O5P2/c1-5-15-30(28,16-6-2)21(31(29,17-7-3)18-8-4)13-12-20(25)24-14-10-9-11-19(23)22(26)27/h5-8,19,21H,1-4,9-18,23H2,(H,24,25)(H,26,27)/t19-/m0/s1. The summed E-state index contributed by atoms with van der Waals surface area (Å²) in [7, 11) is -5.94. The largest absolute Gasteiger partial charge is 0.480 e. The molecule has 0 aromatic rings. The molecule has 9 heteroatoms. The molecule has 7 nitrogen and oxygen atoms in total. The van der Waals surface area contributed by atoms with Crippen molar-refractivity contribution in [3.05, 3.63) is 50.6 Å². The second kappa shape index (κ2) is 15.2. The fourth-order valence-electron chi connectivity index (χ4n) is 3.55. The Morgan fingerprint density at radius 1 is 0.871 bits per heavy atom. The highest BCUT2D eigenvalue weighted by Gasteiger charge is 2.42. The highest BCUT2D eigenvalue weighted by atomic mass is 31.2. The van der Waals surface area contributed by atoms with Gasteiger partial charge in [0.1, 0.15) is 20.3 Å². The van der Waals surface area contributed by atoms with Gasteiger partial charge in [-0.25, -0.2) is 0 Å². The number of aliphatic carboxylic acids is 1. The Hall–Kier alpha value is -1.68. The summed E-state index contributed by atoms with van der Waals surface area (Å²) < 4.78 is 27.5. The van der Waals surface area contributed by atoms with Crippen molar-refractivity contribution >= 4 is 26.2 Å². The molecule has 0 fully saturated rings. The molecule has 1 amide bonds. The molecule has 0 saturated carbocycles. The summed E-state index contributed by atoms with van der Waals surface area (Å²) in [4.78, 5) is 23.1. The first-order chi connectivity index (χ1) is 14.6. The third kappa shape index (κ3) is 10.5. The molecule has 0 unspecified atom stereocenters. The van der Waals surface area contributed by atoms with Crippen LogP contribution in [0.1, 0.15) is 32.1 Å². The van der Waals surface area contributed by atoms with E-state index in [1.165, 1.54) is 0 Å². The average molecular weight is 473 g/mol. The van der Waals surface area contributed by atoms with E-state index in [4.69, 9.17) is 10.8 Å². The zero-order chi connectivity index (χ0) is 23.9. The molecule has 31 heavy (non-hydrogen) atoms. The lowest BCUT2D eigenvalue weighted by atomic mass is 10.1. The van der Waals surface area contributed by atoms with Gasteiger partial charge in [0.15, 0.2) is 0 Å². The molecule has 0 aliphatic rings. The van der Waals surface area contributed by atoms with Crippen LogP contribution in [0.3, 0.4) is 0 Å². The Bertz CT molecular complexity index is 669. The lowest BCUT2D eigenvalue weighted by molar-refractivity contribution is -0.138. The summed E-state index contributed by atoms with van der Waals surface area (Å²) in [6.45, 7) is 15.2. The highest BCUT2D eigenvalue weighted by molar-refractivity contribution is 7.82. The highest BCUT2D eigenvalue weighted by Crippen LogP contribution is 2.69. The average Bonchev–Trinajstić information content (AvgIpc) is 2.68. The van der Waals surface area contributed by atoms with Gasteiger partial charge in [-0.2, -0.15) is 0 Å². The molecule has 0 aromatic heterocycles. The van der Waals surface area contributed by atoms with Crippen LogP contribution in [0.15, 0.2) is 50.6 Å². The van der Waals surface area contributed by atoms with E-state index in [-0.39, 0.29) is 43.4 Å². The molecule has 0 aliphatic carbocycles. The number of amides is 1. The summed E-state index contributed by atoms with van der Waals surface area (Å²) >= 11 is 0. The van der Waals surface area contributed by atoms with Crippen LogP contribution in [0.5, 0.6) is 0 Å². The van der Waals surface area contributed by atoms with Gasteiger partial charge in [-0.05, 0) is 25.7 Å². The molecule has 176 valence electrons. The van der Waals surface area contributed by atoms with E-state index in [1.807, 2.05) is 0 Å². The molecular weight excluding hydrogens is 434 g/mol. The number of nitrogens with two attached hydrogens (primary N) is 1. The Labute approximate surface area is 186 Å². The Morgan fingerprint density at radius 2 is 1.32 bits per heavy atom. The van der Waals surface area contributed by atoms with E-state index in [2.05, 4.69) is 31.6 Å². The number of nitrogens with one attached hydrogen (secondary N) is 1. The van der Waals surface area contributed by atoms with Crippen LogP contribution in [-0.4, -0.2) is 59.6 Å². The zero-order valence-corrected chi connectivity index (χ0v) is 20.2. The van der Waals surface area contributed by atoms with Gasteiger partial charge < -0.3 is 25.3 Å². The van der Waals surface area contributed by atoms with E-state index in [0.717, 1.165) is 0 Å². The summed E-state index contributed by atoms with van der Waals surface area (Å²) in [6.07, 6.45) is 9.06. The molecule has 0 saturated heterocycles. The molecule has 0 aliphatic heterocycles. The van der Waals surface area contributed by atoms with Gasteiger partial charge in [0.2, 0.25) is 5.91 Å². The molecule has 0 aromatic carbocycles. The van der Waals surface area contributed by atoms with Gasteiger partial charge in [-0.15, -0.1) is 26.3 Å². The van der Waals surface area contributed by atoms with Crippen molar-refractivity contribution in [1.82, 2.24) is 5.32 Å². The van der Waals surface area contributed by atoms with Crippen LogP contribution in [0.25, 0.3) is 0 Å². The Morgan fingerprint density at radius 3 is 1.71 bits per heavy atom. The summed E-state index contributed by atoms with van der Waals surface area (Å²) in [6, 6.07) is -0.899. The second-order valence-corrected chi connectivity index (χ2v) is 14.5. The first-order valence-electron chi connectivity index (χ1n) is 10.4. The number of hydrogen-bond acceptors (Lipinski definition) is 5. The van der Waals surface area contributed by atoms with E-state index in [1.54, 1.807) is 24.3 Å². The summed E-state index contributed by atoms with van der Waals surface area (Å²) in [5.74, 6) is -1.26. The van der Waals surface area contributed by atoms with Crippen molar-refractivity contribution < 1.29 is 23.8 Å². The van der Waals surface area contributed by atoms with Crippen molar-refractivity contribution in [3.8, 4) is 0 Å². The van der Waals surface area contributed by atoms with Crippen molar-refractivity contribution in [2.45, 2.75) is 43.5 Å². The van der Waals surface area contributed by atoms with Crippen LogP contribution < -0.4 is 11.1 Å². The maximum absolute atomic E-state index is 13.8. The van der Waals surface area contributed by atoms with Crippen molar-refractivity contribution in [2.75, 3.05) is 31.2 Å². The number of unbranched alkanes of at least 4 members (excludes halogenated alkanes) is 1. The van der Waals surface area contributed by atoms with E-state index in [9.17, 15) is 18.7 Å². The van der Waals surface area contributed by atoms with Gasteiger partial charge in [-0.3, -0.25) is 9.59 Å². The molecule has 0 bridgehead atoms. The first-order valence-corrected chi connectivity index (χ1v) is 14.7. The first kappa shape index (κ1) is 29.3. The number of hydrogen-bond donors (Lipinski definition) is 3. The Kier molecular flexibility index (Phi) is 14.4. The van der Waals surface area contributed by atoms with Crippen molar-refractivity contribution in [2.24, 2.45) is 5.73 Å². The second-order valence-electron chi connectivity index (χ2n) is 7.60. The maximum atomic E-state index is 13.8. The normalized spacial score (nSPS) is 12.7. The summed E-state index contributed by atoms with van der Waals surface area (Å²) in [5, 5.41) is 10.9. The fraction of sp³-hybridized carbons (Fsp3) is 0.545. The summed E-state index contributed by atoms with van der Waals surface area (Å²) in [5.41, 5.74) is 5.45. The number of carboxylic acids is 1. The number of carbonyl (C=O) groups excluding carboxylic acids is 1. The van der Waals surface area contributed by atoms with Gasteiger partial charge in [0.25, 0.3) is 0 Å². The van der Waals surface area contributed by atoms with Crippen LogP contribution in [0.2, 0.25) is 0 Å². The topological polar surface area (TPSA) is 127 Å². The predicted molar refractivity (Wildman–Crippen MR) is 131 cm³/mol. The predicted octanol–water partition coefficient (Wildman–Crippen LogP) is 4.26. The SMILES string of the molecule is C=CCP(=O)(CC=C)C(CCC(=O)NCCCC[C@H](N)C(=O)O)P(=O)(CC=C)CC=C. The third-order valence-corrected chi connectivity index (χ3v) is 13.8. The Balaban J connectivity index is 5.17. The van der Waals surface area contributed by atoms with Gasteiger partial charge in [0, 0.05) is 37.6 Å². The quantitative estimate of drug-likeness (QED) is 0.146. The minimum atomic E-state index is -2.97. The van der Waals surface area contributed by atoms with Gasteiger partial charge >= 0.3 is 5.97 Å². The monoisotopic (exact) mass is 472 g/mol. The zero-order valence-electron chi connectivity index (χ0n) is 18.4. The molecular formula is C22H38N2O5P2. The molecule has 0 radical (unpaired) electrons. The lowest BCUT2D eigenvalue weighted by Gasteiger charge is -2.33. The minimum absolute atomic E-state index is 0.0931. The third-order valence-electron chi connectivity index (χ3n) is 5.05. The van der Waals surface area contributed by atoms with Gasteiger partial charge in [0.05, 0.1) is 5.40 Å². The van der Waals surface area contributed by atoms with Crippen molar-refractivity contribution in [3.63, 3.8) is 0 Å². The minimum Gasteiger partial charge on any atom is -0.480 e. The van der Waals surface area contributed by atoms with Crippen LogP contribution >= 0.6 is 14.3 Å². The van der Waals surface area contributed by atoms with Crippen LogP contribution in [-0.2, 0) is 18.7 Å². The molecule has 4 N–H and O–H groups in total. The molecule has 0 rings (SSSR count). The van der Waals surface area contributed by atoms with E-state index < -0.39 is 31.7 Å². The number of rotatable bonds is 19.